The molecule has 0 bridgehead atoms. The van der Waals surface area contributed by atoms with Gasteiger partial charge in [-0.3, -0.25) is 9.36 Å². The maximum atomic E-state index is 13.0. The normalized spacial score (nSPS) is 10.7. The van der Waals surface area contributed by atoms with Crippen LogP contribution in [0.3, 0.4) is 0 Å². The lowest BCUT2D eigenvalue weighted by Gasteiger charge is -2.17. The van der Waals surface area contributed by atoms with Gasteiger partial charge in [0.2, 0.25) is 11.9 Å². The van der Waals surface area contributed by atoms with Crippen molar-refractivity contribution in [3.05, 3.63) is 103 Å². The Hall–Kier alpha value is -3.80. The van der Waals surface area contributed by atoms with E-state index in [0.29, 0.717) is 11.6 Å². The average Bonchev–Trinajstić information content (AvgIpc) is 3.25. The van der Waals surface area contributed by atoms with Gasteiger partial charge in [0.1, 0.15) is 6.33 Å². The fraction of sp³-hybridized carbons (Fsp3) is 0.0476. The summed E-state index contributed by atoms with van der Waals surface area (Å²) in [6.45, 7) is 0. The monoisotopic (exact) mass is 355 g/mol. The number of carbonyl (C=O) groups excluding carboxylic acids is 1. The number of imidazole rings is 1. The summed E-state index contributed by atoms with van der Waals surface area (Å²) in [7, 11) is 0. The van der Waals surface area contributed by atoms with Gasteiger partial charge in [0.25, 0.3) is 0 Å². The van der Waals surface area contributed by atoms with Crippen molar-refractivity contribution in [1.29, 1.82) is 0 Å². The number of nitrogens with one attached hydrogen (secondary N) is 1. The third-order valence-electron chi connectivity index (χ3n) is 4.17. The fourth-order valence-corrected chi connectivity index (χ4v) is 2.90. The molecule has 2 aromatic carbocycles. The van der Waals surface area contributed by atoms with E-state index in [-0.39, 0.29) is 5.91 Å². The highest BCUT2D eigenvalue weighted by molar-refractivity contribution is 5.97. The first-order valence-corrected chi connectivity index (χ1v) is 8.52. The summed E-state index contributed by atoms with van der Waals surface area (Å²) in [6.07, 6.45) is 8.22. The molecule has 0 saturated heterocycles. The van der Waals surface area contributed by atoms with Gasteiger partial charge < -0.3 is 5.32 Å². The molecular weight excluding hydrogens is 338 g/mol. The predicted octanol–water partition coefficient (Wildman–Crippen LogP) is 3.43. The van der Waals surface area contributed by atoms with E-state index in [9.17, 15) is 4.79 Å². The van der Waals surface area contributed by atoms with Crippen LogP contribution in [-0.4, -0.2) is 25.4 Å². The molecule has 1 N–H and O–H groups in total. The zero-order valence-electron chi connectivity index (χ0n) is 14.4. The number of amides is 1. The maximum Gasteiger partial charge on any atom is 0.236 e. The molecule has 0 atom stereocenters. The van der Waals surface area contributed by atoms with E-state index in [1.165, 1.54) is 0 Å². The Bertz CT molecular complexity index is 960. The van der Waals surface area contributed by atoms with Crippen LogP contribution in [0.25, 0.3) is 5.95 Å². The number of benzene rings is 2. The summed E-state index contributed by atoms with van der Waals surface area (Å²) in [5, 5.41) is 2.92. The number of nitrogens with zero attached hydrogens (tertiary/aromatic N) is 4. The smallest absolute Gasteiger partial charge is 0.236 e. The molecule has 2 aromatic heterocycles. The Morgan fingerprint density at radius 3 is 2.00 bits per heavy atom. The van der Waals surface area contributed by atoms with Gasteiger partial charge in [-0.25, -0.2) is 15.0 Å². The average molecular weight is 355 g/mol. The molecule has 0 aliphatic rings. The van der Waals surface area contributed by atoms with Gasteiger partial charge in [0.15, 0.2) is 0 Å². The van der Waals surface area contributed by atoms with Crippen molar-refractivity contribution in [2.24, 2.45) is 0 Å². The summed E-state index contributed by atoms with van der Waals surface area (Å²) >= 11 is 0. The van der Waals surface area contributed by atoms with Crippen molar-refractivity contribution >= 4 is 11.6 Å². The van der Waals surface area contributed by atoms with Crippen LogP contribution in [0.15, 0.2) is 91.8 Å². The first-order chi connectivity index (χ1) is 13.3. The molecule has 132 valence electrons. The lowest BCUT2D eigenvalue weighted by atomic mass is 9.90. The number of hydrogen-bond acceptors (Lipinski definition) is 4. The van der Waals surface area contributed by atoms with Crippen molar-refractivity contribution in [2.75, 3.05) is 5.32 Å². The molecule has 4 aromatic rings. The maximum absolute atomic E-state index is 13.0. The van der Waals surface area contributed by atoms with Gasteiger partial charge in [-0.1, -0.05) is 60.7 Å². The Balaban J connectivity index is 1.59. The molecule has 27 heavy (non-hydrogen) atoms. The molecule has 0 fully saturated rings. The number of hydrogen-bond donors (Lipinski definition) is 1. The van der Waals surface area contributed by atoms with Crippen LogP contribution < -0.4 is 5.32 Å². The standard InChI is InChI=1S/C21H17N5O/c27-20(25-18-13-23-21(24-14-18)26-12-11-22-15-26)19(16-7-3-1-4-8-16)17-9-5-2-6-10-17/h1-15,19H,(H,25,27). The van der Waals surface area contributed by atoms with Crippen molar-refractivity contribution in [3.63, 3.8) is 0 Å². The second-order valence-corrected chi connectivity index (χ2v) is 5.99. The van der Waals surface area contributed by atoms with Crippen LogP contribution in [0.2, 0.25) is 0 Å². The Labute approximate surface area is 156 Å². The van der Waals surface area contributed by atoms with Gasteiger partial charge >= 0.3 is 0 Å². The van der Waals surface area contributed by atoms with E-state index < -0.39 is 5.92 Å². The molecule has 1 amide bonds. The Kier molecular flexibility index (Phi) is 4.70. The minimum Gasteiger partial charge on any atom is -0.323 e. The first-order valence-electron chi connectivity index (χ1n) is 8.52. The lowest BCUT2D eigenvalue weighted by molar-refractivity contribution is -0.116. The predicted molar refractivity (Wildman–Crippen MR) is 103 cm³/mol. The molecular formula is C21H17N5O. The first kappa shape index (κ1) is 16.7. The van der Waals surface area contributed by atoms with E-state index in [0.717, 1.165) is 11.1 Å². The van der Waals surface area contributed by atoms with E-state index >= 15 is 0 Å². The molecule has 2 heterocycles. The van der Waals surface area contributed by atoms with Gasteiger partial charge in [-0.15, -0.1) is 0 Å². The quantitative estimate of drug-likeness (QED) is 0.595. The number of carbonyl (C=O) groups is 1. The highest BCUT2D eigenvalue weighted by Crippen LogP contribution is 2.26. The van der Waals surface area contributed by atoms with E-state index in [1.807, 2.05) is 60.7 Å². The lowest BCUT2D eigenvalue weighted by Crippen LogP contribution is -2.22. The molecule has 0 aliphatic heterocycles. The molecule has 0 saturated carbocycles. The molecule has 0 spiro atoms. The summed E-state index contributed by atoms with van der Waals surface area (Å²) in [5.74, 6) is -0.0553. The van der Waals surface area contributed by atoms with Crippen molar-refractivity contribution < 1.29 is 4.79 Å². The van der Waals surface area contributed by atoms with Crippen LogP contribution in [0.1, 0.15) is 17.0 Å². The zero-order chi connectivity index (χ0) is 18.5. The van der Waals surface area contributed by atoms with Crippen molar-refractivity contribution in [2.45, 2.75) is 5.92 Å². The minimum atomic E-state index is -0.416. The van der Waals surface area contributed by atoms with E-state index in [4.69, 9.17) is 0 Å². The van der Waals surface area contributed by atoms with Crippen LogP contribution in [-0.2, 0) is 4.79 Å². The van der Waals surface area contributed by atoms with E-state index in [1.54, 1.807) is 35.7 Å². The van der Waals surface area contributed by atoms with Crippen LogP contribution in [0.4, 0.5) is 5.69 Å². The fourth-order valence-electron chi connectivity index (χ4n) is 2.90. The Morgan fingerprint density at radius 2 is 1.48 bits per heavy atom. The number of rotatable bonds is 5. The highest BCUT2D eigenvalue weighted by Gasteiger charge is 2.22. The summed E-state index contributed by atoms with van der Waals surface area (Å²) in [4.78, 5) is 25.6. The van der Waals surface area contributed by atoms with Crippen molar-refractivity contribution in [3.8, 4) is 5.95 Å². The molecule has 6 nitrogen and oxygen atoms in total. The van der Waals surface area contributed by atoms with Crippen LogP contribution in [0, 0.1) is 0 Å². The molecule has 0 aliphatic carbocycles. The highest BCUT2D eigenvalue weighted by atomic mass is 16.1. The third kappa shape index (κ3) is 3.74. The molecule has 6 heteroatoms. The summed E-state index contributed by atoms with van der Waals surface area (Å²) in [5.41, 5.74) is 2.40. The van der Waals surface area contributed by atoms with Crippen LogP contribution >= 0.6 is 0 Å². The van der Waals surface area contributed by atoms with Crippen LogP contribution in [0.5, 0.6) is 0 Å². The van der Waals surface area contributed by atoms with Gasteiger partial charge in [0.05, 0.1) is 24.0 Å². The second-order valence-electron chi connectivity index (χ2n) is 5.99. The minimum absolute atomic E-state index is 0.133. The van der Waals surface area contributed by atoms with Gasteiger partial charge in [-0.2, -0.15) is 0 Å². The SMILES string of the molecule is O=C(Nc1cnc(-n2ccnc2)nc1)C(c1ccccc1)c1ccccc1. The van der Waals surface area contributed by atoms with Gasteiger partial charge in [-0.05, 0) is 11.1 Å². The summed E-state index contributed by atoms with van der Waals surface area (Å²) < 4.78 is 1.70. The topological polar surface area (TPSA) is 72.7 Å². The number of aromatic nitrogens is 4. The van der Waals surface area contributed by atoms with Crippen molar-refractivity contribution in [1.82, 2.24) is 19.5 Å². The third-order valence-corrected chi connectivity index (χ3v) is 4.17. The summed E-state index contributed by atoms with van der Waals surface area (Å²) in [6, 6.07) is 19.4. The largest absolute Gasteiger partial charge is 0.323 e. The number of anilines is 1. The molecule has 4 rings (SSSR count). The van der Waals surface area contributed by atoms with E-state index in [2.05, 4.69) is 20.3 Å². The van der Waals surface area contributed by atoms with Gasteiger partial charge in [0, 0.05) is 12.4 Å². The molecule has 0 unspecified atom stereocenters. The zero-order valence-corrected chi connectivity index (χ0v) is 14.4. The molecule has 0 radical (unpaired) electrons. The Morgan fingerprint density at radius 1 is 0.889 bits per heavy atom. The second kappa shape index (κ2) is 7.61.